The van der Waals surface area contributed by atoms with Crippen LogP contribution in [0.3, 0.4) is 0 Å². The summed E-state index contributed by atoms with van der Waals surface area (Å²) in [6.45, 7) is 12.7. The Hall–Kier alpha value is -1.09. The van der Waals surface area contributed by atoms with E-state index in [1.807, 2.05) is 0 Å². The van der Waals surface area contributed by atoms with Crippen LogP contribution in [-0.2, 0) is 0 Å². The van der Waals surface area contributed by atoms with Crippen LogP contribution in [0.5, 0.6) is 0 Å². The molecule has 134 valence electrons. The van der Waals surface area contributed by atoms with Crippen molar-refractivity contribution in [2.75, 3.05) is 31.6 Å². The van der Waals surface area contributed by atoms with E-state index in [9.17, 15) is 0 Å². The Morgan fingerprint density at radius 1 is 1.17 bits per heavy atom. The number of nitrogens with zero attached hydrogens (tertiary/aromatic N) is 3. The largest absolute Gasteiger partial charge is 0.357 e. The lowest BCUT2D eigenvalue weighted by atomic mass is 9.57. The Balaban J connectivity index is 1.48. The van der Waals surface area contributed by atoms with Gasteiger partial charge in [-0.15, -0.1) is 0 Å². The van der Waals surface area contributed by atoms with Gasteiger partial charge in [0.15, 0.2) is 0 Å². The number of rotatable bonds is 5. The average molecular weight is 330 g/mol. The van der Waals surface area contributed by atoms with Crippen molar-refractivity contribution < 1.29 is 0 Å². The monoisotopic (exact) mass is 329 g/mol. The molecule has 0 bridgehead atoms. The molecule has 1 spiro atoms. The third kappa shape index (κ3) is 3.77. The van der Waals surface area contributed by atoms with E-state index in [1.165, 1.54) is 56.7 Å². The van der Waals surface area contributed by atoms with E-state index in [0.29, 0.717) is 17.4 Å². The zero-order chi connectivity index (χ0) is 17.3. The minimum Gasteiger partial charge on any atom is -0.357 e. The molecule has 0 radical (unpaired) electrons. The number of pyridine rings is 1. The van der Waals surface area contributed by atoms with Crippen molar-refractivity contribution in [2.24, 2.45) is 11.3 Å². The molecule has 0 N–H and O–H groups in total. The first-order chi connectivity index (χ1) is 11.4. The maximum atomic E-state index is 4.71. The number of aromatic nitrogens is 1. The molecular formula is C21H35N3. The van der Waals surface area contributed by atoms with Gasteiger partial charge in [-0.1, -0.05) is 19.9 Å². The van der Waals surface area contributed by atoms with Crippen molar-refractivity contribution in [1.29, 1.82) is 0 Å². The second-order valence-corrected chi connectivity index (χ2v) is 8.90. The molecule has 24 heavy (non-hydrogen) atoms. The third-order valence-electron chi connectivity index (χ3n) is 6.46. The molecule has 3 rings (SSSR count). The smallest absolute Gasteiger partial charge is 0.128 e. The van der Waals surface area contributed by atoms with Crippen LogP contribution in [0.4, 0.5) is 5.82 Å². The summed E-state index contributed by atoms with van der Waals surface area (Å²) in [5.74, 6) is 2.66. The SMILES string of the molecule is CC(C)c1ccc(N2CCC3(CC2)CC(CN(C)C(C)C)C3)nc1. The van der Waals surface area contributed by atoms with Crippen LogP contribution in [0, 0.1) is 11.3 Å². The standard InChI is InChI=1S/C21H35N3/c1-16(2)19-6-7-20(22-14-19)24-10-8-21(9-11-24)12-18(13-21)15-23(5)17(3)4/h6-7,14,16-18H,8-13,15H2,1-5H3. The van der Waals surface area contributed by atoms with E-state index >= 15 is 0 Å². The van der Waals surface area contributed by atoms with Gasteiger partial charge in [0.25, 0.3) is 0 Å². The van der Waals surface area contributed by atoms with Gasteiger partial charge in [0.2, 0.25) is 0 Å². The molecule has 2 aliphatic rings. The van der Waals surface area contributed by atoms with Crippen molar-refractivity contribution >= 4 is 5.82 Å². The normalized spacial score (nSPS) is 21.1. The highest BCUT2D eigenvalue weighted by Crippen LogP contribution is 2.53. The Labute approximate surface area is 148 Å². The fourth-order valence-electron chi connectivity index (χ4n) is 4.46. The molecule has 0 aromatic carbocycles. The highest BCUT2D eigenvalue weighted by Gasteiger charge is 2.45. The summed E-state index contributed by atoms with van der Waals surface area (Å²) in [6, 6.07) is 5.13. The molecule has 1 aliphatic carbocycles. The first-order valence-electron chi connectivity index (χ1n) is 9.80. The summed E-state index contributed by atoms with van der Waals surface area (Å²) in [5, 5.41) is 0. The second kappa shape index (κ2) is 7.03. The topological polar surface area (TPSA) is 19.4 Å². The van der Waals surface area contributed by atoms with Crippen molar-refractivity contribution in [3.8, 4) is 0 Å². The fraction of sp³-hybridized carbons (Fsp3) is 0.762. The number of hydrogen-bond acceptors (Lipinski definition) is 3. The van der Waals surface area contributed by atoms with E-state index in [1.54, 1.807) is 0 Å². The van der Waals surface area contributed by atoms with Crippen molar-refractivity contribution in [3.05, 3.63) is 23.9 Å². The van der Waals surface area contributed by atoms with Crippen LogP contribution in [0.15, 0.2) is 18.3 Å². The minimum atomic E-state index is 0.562. The number of anilines is 1. The number of hydrogen-bond donors (Lipinski definition) is 0. The highest BCUT2D eigenvalue weighted by atomic mass is 15.2. The van der Waals surface area contributed by atoms with Gasteiger partial charge in [0, 0.05) is 31.9 Å². The van der Waals surface area contributed by atoms with Crippen LogP contribution >= 0.6 is 0 Å². The Morgan fingerprint density at radius 2 is 1.83 bits per heavy atom. The van der Waals surface area contributed by atoms with Gasteiger partial charge in [0.05, 0.1) is 0 Å². The summed E-state index contributed by atoms with van der Waals surface area (Å²) in [5.41, 5.74) is 1.99. The minimum absolute atomic E-state index is 0.562. The van der Waals surface area contributed by atoms with Gasteiger partial charge in [-0.2, -0.15) is 0 Å². The maximum Gasteiger partial charge on any atom is 0.128 e. The van der Waals surface area contributed by atoms with Crippen molar-refractivity contribution in [1.82, 2.24) is 9.88 Å². The molecular weight excluding hydrogens is 294 g/mol. The van der Waals surface area contributed by atoms with Crippen LogP contribution in [0.1, 0.15) is 64.9 Å². The summed E-state index contributed by atoms with van der Waals surface area (Å²) >= 11 is 0. The fourth-order valence-corrected chi connectivity index (χ4v) is 4.46. The summed E-state index contributed by atoms with van der Waals surface area (Å²) in [7, 11) is 2.27. The Morgan fingerprint density at radius 3 is 2.33 bits per heavy atom. The van der Waals surface area contributed by atoms with Gasteiger partial charge in [-0.25, -0.2) is 4.98 Å². The molecule has 3 nitrogen and oxygen atoms in total. The van der Waals surface area contributed by atoms with Crippen molar-refractivity contribution in [2.45, 2.75) is 65.3 Å². The maximum absolute atomic E-state index is 4.71. The molecule has 0 atom stereocenters. The molecule has 1 saturated carbocycles. The van der Waals surface area contributed by atoms with Gasteiger partial charge < -0.3 is 9.80 Å². The van der Waals surface area contributed by atoms with Gasteiger partial charge in [-0.05, 0) is 75.5 Å². The lowest BCUT2D eigenvalue weighted by molar-refractivity contribution is 0.00736. The average Bonchev–Trinajstić information content (AvgIpc) is 2.54. The predicted molar refractivity (Wildman–Crippen MR) is 103 cm³/mol. The lowest BCUT2D eigenvalue weighted by Crippen LogP contribution is -2.50. The Kier molecular flexibility index (Phi) is 5.19. The van der Waals surface area contributed by atoms with Gasteiger partial charge >= 0.3 is 0 Å². The molecule has 1 saturated heterocycles. The molecule has 2 fully saturated rings. The first kappa shape index (κ1) is 17.7. The first-order valence-corrected chi connectivity index (χ1v) is 9.80. The van der Waals surface area contributed by atoms with E-state index in [0.717, 1.165) is 5.92 Å². The molecule has 0 amide bonds. The van der Waals surface area contributed by atoms with E-state index in [4.69, 9.17) is 4.98 Å². The highest BCUT2D eigenvalue weighted by molar-refractivity contribution is 5.40. The summed E-state index contributed by atoms with van der Waals surface area (Å²) < 4.78 is 0. The van der Waals surface area contributed by atoms with Gasteiger partial charge in [-0.3, -0.25) is 0 Å². The molecule has 1 aromatic rings. The van der Waals surface area contributed by atoms with E-state index in [2.05, 4.69) is 62.9 Å². The quantitative estimate of drug-likeness (QED) is 0.790. The molecule has 2 heterocycles. The van der Waals surface area contributed by atoms with Crippen LogP contribution in [0.2, 0.25) is 0 Å². The lowest BCUT2D eigenvalue weighted by Gasteiger charge is -2.53. The van der Waals surface area contributed by atoms with Crippen molar-refractivity contribution in [3.63, 3.8) is 0 Å². The summed E-state index contributed by atoms with van der Waals surface area (Å²) in [4.78, 5) is 9.70. The molecule has 1 aromatic heterocycles. The van der Waals surface area contributed by atoms with E-state index in [-0.39, 0.29) is 0 Å². The molecule has 3 heteroatoms. The molecule has 0 unspecified atom stereocenters. The van der Waals surface area contributed by atoms with Gasteiger partial charge in [0.1, 0.15) is 5.82 Å². The zero-order valence-electron chi connectivity index (χ0n) is 16.3. The van der Waals surface area contributed by atoms with E-state index < -0.39 is 0 Å². The third-order valence-corrected chi connectivity index (χ3v) is 6.46. The second-order valence-electron chi connectivity index (χ2n) is 8.90. The van der Waals surface area contributed by atoms with Crippen LogP contribution in [0.25, 0.3) is 0 Å². The predicted octanol–water partition coefficient (Wildman–Crippen LogP) is 4.54. The summed E-state index contributed by atoms with van der Waals surface area (Å²) in [6.07, 6.45) is 7.64. The Bertz CT molecular complexity index is 519. The molecule has 1 aliphatic heterocycles. The van der Waals surface area contributed by atoms with Crippen LogP contribution in [-0.4, -0.2) is 42.6 Å². The number of piperidine rings is 1. The zero-order valence-corrected chi connectivity index (χ0v) is 16.3. The van der Waals surface area contributed by atoms with Crippen LogP contribution < -0.4 is 4.90 Å².